The Kier molecular flexibility index (Phi) is 3.34. The Bertz CT molecular complexity index is 1030. The molecule has 7 nitrogen and oxygen atoms in total. The summed E-state index contributed by atoms with van der Waals surface area (Å²) in [5.74, 6) is 1.48. The standard InChI is InChI=1S/C17H18N6O/c1-4-11-9(2)15-16(21-11)18-8-19-17(15)22-13-5-10-7-20-23-12(10)6-14(13)24-3/h5-8H,4H2,1-3H3,(H,20,23)(H2,18,19,21,22). The summed E-state index contributed by atoms with van der Waals surface area (Å²) in [4.78, 5) is 12.1. The Morgan fingerprint density at radius 1 is 1.25 bits per heavy atom. The number of aromatic amines is 2. The smallest absolute Gasteiger partial charge is 0.144 e. The summed E-state index contributed by atoms with van der Waals surface area (Å²) in [6, 6.07) is 3.92. The van der Waals surface area contributed by atoms with E-state index in [0.717, 1.165) is 45.6 Å². The van der Waals surface area contributed by atoms with Crippen LogP contribution in [-0.4, -0.2) is 32.3 Å². The van der Waals surface area contributed by atoms with E-state index in [1.807, 2.05) is 12.1 Å². The number of hydrogen-bond donors (Lipinski definition) is 3. The summed E-state index contributed by atoms with van der Waals surface area (Å²) in [7, 11) is 1.65. The highest BCUT2D eigenvalue weighted by Crippen LogP contribution is 2.34. The maximum absolute atomic E-state index is 5.50. The van der Waals surface area contributed by atoms with Crippen LogP contribution in [0.5, 0.6) is 5.75 Å². The summed E-state index contributed by atoms with van der Waals surface area (Å²) in [6.07, 6.45) is 4.26. The first-order chi connectivity index (χ1) is 11.7. The minimum atomic E-state index is 0.724. The fourth-order valence-corrected chi connectivity index (χ4v) is 3.04. The Balaban J connectivity index is 1.86. The summed E-state index contributed by atoms with van der Waals surface area (Å²) in [5.41, 5.74) is 4.94. The van der Waals surface area contributed by atoms with Gasteiger partial charge in [-0.1, -0.05) is 6.92 Å². The molecule has 0 atom stereocenters. The zero-order valence-corrected chi connectivity index (χ0v) is 13.8. The van der Waals surface area contributed by atoms with Gasteiger partial charge in [0.05, 0.1) is 29.9 Å². The zero-order chi connectivity index (χ0) is 16.7. The van der Waals surface area contributed by atoms with Crippen LogP contribution in [0.25, 0.3) is 21.9 Å². The Hall–Kier alpha value is -3.09. The van der Waals surface area contributed by atoms with Crippen molar-refractivity contribution in [1.82, 2.24) is 25.1 Å². The van der Waals surface area contributed by atoms with Crippen molar-refractivity contribution in [3.05, 3.63) is 35.9 Å². The number of ether oxygens (including phenoxy) is 1. The van der Waals surface area contributed by atoms with Gasteiger partial charge in [-0.3, -0.25) is 5.10 Å². The second kappa shape index (κ2) is 5.52. The zero-order valence-electron chi connectivity index (χ0n) is 13.8. The first-order valence-electron chi connectivity index (χ1n) is 7.81. The minimum absolute atomic E-state index is 0.724. The second-order valence-electron chi connectivity index (χ2n) is 5.66. The first kappa shape index (κ1) is 14.5. The lowest BCUT2D eigenvalue weighted by atomic mass is 10.1. The van der Waals surface area contributed by atoms with Gasteiger partial charge in [0.25, 0.3) is 0 Å². The quantitative estimate of drug-likeness (QED) is 0.535. The van der Waals surface area contributed by atoms with Crippen LogP contribution in [0, 0.1) is 6.92 Å². The lowest BCUT2D eigenvalue weighted by Gasteiger charge is -2.11. The number of fused-ring (bicyclic) bond motifs is 2. The SMILES string of the molecule is CCc1[nH]c2ncnc(Nc3cc4cn[nH]c4cc3OC)c2c1C. The minimum Gasteiger partial charge on any atom is -0.494 e. The molecule has 0 bridgehead atoms. The highest BCUT2D eigenvalue weighted by Gasteiger charge is 2.15. The molecule has 0 spiro atoms. The van der Waals surface area contributed by atoms with Gasteiger partial charge in [0.15, 0.2) is 0 Å². The highest BCUT2D eigenvalue weighted by molar-refractivity contribution is 5.95. The summed E-state index contributed by atoms with van der Waals surface area (Å²) < 4.78 is 5.50. The van der Waals surface area contributed by atoms with Crippen LogP contribution in [0.3, 0.4) is 0 Å². The van der Waals surface area contributed by atoms with Crippen LogP contribution in [0.15, 0.2) is 24.7 Å². The van der Waals surface area contributed by atoms with E-state index in [9.17, 15) is 0 Å². The van der Waals surface area contributed by atoms with Gasteiger partial charge < -0.3 is 15.0 Å². The average Bonchev–Trinajstić information content (AvgIpc) is 3.18. The van der Waals surface area contributed by atoms with E-state index in [-0.39, 0.29) is 0 Å². The summed E-state index contributed by atoms with van der Waals surface area (Å²) in [6.45, 7) is 4.21. The van der Waals surface area contributed by atoms with E-state index in [1.165, 1.54) is 11.3 Å². The molecule has 24 heavy (non-hydrogen) atoms. The van der Waals surface area contributed by atoms with Gasteiger partial charge in [0.1, 0.15) is 23.5 Å². The molecule has 0 amide bonds. The van der Waals surface area contributed by atoms with E-state index in [1.54, 1.807) is 19.6 Å². The number of aromatic nitrogens is 5. The van der Waals surface area contributed by atoms with Gasteiger partial charge in [-0.25, -0.2) is 9.97 Å². The van der Waals surface area contributed by atoms with Crippen molar-refractivity contribution in [2.75, 3.05) is 12.4 Å². The molecule has 0 radical (unpaired) electrons. The van der Waals surface area contributed by atoms with E-state index in [0.29, 0.717) is 0 Å². The molecule has 0 fully saturated rings. The van der Waals surface area contributed by atoms with Crippen molar-refractivity contribution in [2.45, 2.75) is 20.3 Å². The van der Waals surface area contributed by atoms with Crippen LogP contribution in [0.1, 0.15) is 18.2 Å². The van der Waals surface area contributed by atoms with Crippen molar-refractivity contribution in [1.29, 1.82) is 0 Å². The highest BCUT2D eigenvalue weighted by atomic mass is 16.5. The van der Waals surface area contributed by atoms with Crippen LogP contribution < -0.4 is 10.1 Å². The molecular formula is C17H18N6O. The van der Waals surface area contributed by atoms with Crippen LogP contribution in [-0.2, 0) is 6.42 Å². The monoisotopic (exact) mass is 322 g/mol. The van der Waals surface area contributed by atoms with Crippen molar-refractivity contribution < 1.29 is 4.74 Å². The van der Waals surface area contributed by atoms with Gasteiger partial charge in [-0.05, 0) is 25.0 Å². The van der Waals surface area contributed by atoms with Gasteiger partial charge >= 0.3 is 0 Å². The molecule has 0 unspecified atom stereocenters. The number of hydrogen-bond acceptors (Lipinski definition) is 5. The molecule has 4 aromatic rings. The number of anilines is 2. The third-order valence-electron chi connectivity index (χ3n) is 4.31. The van der Waals surface area contributed by atoms with Gasteiger partial charge in [-0.2, -0.15) is 5.10 Å². The van der Waals surface area contributed by atoms with Crippen molar-refractivity contribution in [3.63, 3.8) is 0 Å². The first-order valence-corrected chi connectivity index (χ1v) is 7.81. The molecule has 7 heteroatoms. The molecule has 0 aliphatic carbocycles. The average molecular weight is 322 g/mol. The number of aryl methyl sites for hydroxylation is 2. The molecule has 3 heterocycles. The van der Waals surface area contributed by atoms with E-state index in [4.69, 9.17) is 4.74 Å². The van der Waals surface area contributed by atoms with Gasteiger partial charge in [0.2, 0.25) is 0 Å². The van der Waals surface area contributed by atoms with Crippen LogP contribution in [0.4, 0.5) is 11.5 Å². The van der Waals surface area contributed by atoms with Crippen molar-refractivity contribution in [3.8, 4) is 5.75 Å². The van der Waals surface area contributed by atoms with E-state index < -0.39 is 0 Å². The topological polar surface area (TPSA) is 91.5 Å². The Morgan fingerprint density at radius 3 is 2.92 bits per heavy atom. The molecule has 122 valence electrons. The molecule has 0 saturated carbocycles. The number of nitrogens with one attached hydrogen (secondary N) is 3. The largest absolute Gasteiger partial charge is 0.494 e. The third-order valence-corrected chi connectivity index (χ3v) is 4.31. The molecule has 0 aliphatic rings. The second-order valence-corrected chi connectivity index (χ2v) is 5.66. The molecule has 3 aromatic heterocycles. The third kappa shape index (κ3) is 2.17. The lowest BCUT2D eigenvalue weighted by Crippen LogP contribution is -1.98. The normalized spacial score (nSPS) is 11.3. The van der Waals surface area contributed by atoms with Crippen LogP contribution >= 0.6 is 0 Å². The van der Waals surface area contributed by atoms with Crippen LogP contribution in [0.2, 0.25) is 0 Å². The van der Waals surface area contributed by atoms with Gasteiger partial charge in [0, 0.05) is 17.1 Å². The summed E-state index contributed by atoms with van der Waals surface area (Å²) in [5, 5.41) is 12.4. The molecule has 1 aromatic carbocycles. The number of H-pyrrole nitrogens is 2. The number of methoxy groups -OCH3 is 1. The summed E-state index contributed by atoms with van der Waals surface area (Å²) >= 11 is 0. The Morgan fingerprint density at radius 2 is 2.12 bits per heavy atom. The molecule has 0 aliphatic heterocycles. The molecular weight excluding hydrogens is 304 g/mol. The maximum atomic E-state index is 5.50. The van der Waals surface area contributed by atoms with E-state index in [2.05, 4.69) is 44.3 Å². The van der Waals surface area contributed by atoms with Crippen molar-refractivity contribution in [2.24, 2.45) is 0 Å². The number of rotatable bonds is 4. The molecule has 4 rings (SSSR count). The number of nitrogens with zero attached hydrogens (tertiary/aromatic N) is 3. The van der Waals surface area contributed by atoms with Crippen molar-refractivity contribution >= 4 is 33.4 Å². The predicted molar refractivity (Wildman–Crippen MR) is 93.9 cm³/mol. The predicted octanol–water partition coefficient (Wildman–Crippen LogP) is 3.46. The molecule has 3 N–H and O–H groups in total. The van der Waals surface area contributed by atoms with Gasteiger partial charge in [-0.15, -0.1) is 0 Å². The fourth-order valence-electron chi connectivity index (χ4n) is 3.04. The maximum Gasteiger partial charge on any atom is 0.144 e. The fraction of sp³-hybridized carbons (Fsp3) is 0.235. The molecule has 0 saturated heterocycles. The van der Waals surface area contributed by atoms with E-state index >= 15 is 0 Å². The Labute approximate surface area is 138 Å². The lowest BCUT2D eigenvalue weighted by molar-refractivity contribution is 0.417. The number of benzene rings is 1.